The van der Waals surface area contributed by atoms with Crippen molar-refractivity contribution in [3.8, 4) is 12.3 Å². The number of hydrogen-bond donors (Lipinski definition) is 1. The molecule has 1 amide bonds. The molecule has 0 aliphatic rings. The molecule has 0 aliphatic carbocycles. The Bertz CT molecular complexity index is 424. The zero-order valence-electron chi connectivity index (χ0n) is 9.46. The summed E-state index contributed by atoms with van der Waals surface area (Å²) >= 11 is 0. The third kappa shape index (κ3) is 2.38. The van der Waals surface area contributed by atoms with Gasteiger partial charge in [0.15, 0.2) is 0 Å². The Kier molecular flexibility index (Phi) is 2.85. The molecule has 0 spiro atoms. The van der Waals surface area contributed by atoms with Crippen molar-refractivity contribution in [2.45, 2.75) is 26.3 Å². The molecule has 0 bridgehead atoms. The summed E-state index contributed by atoms with van der Waals surface area (Å²) in [6, 6.07) is 0. The van der Waals surface area contributed by atoms with Crippen molar-refractivity contribution >= 4 is 5.91 Å². The van der Waals surface area contributed by atoms with Gasteiger partial charge in [0, 0.05) is 12.7 Å². The quantitative estimate of drug-likeness (QED) is 0.728. The zero-order chi connectivity index (χ0) is 11.6. The van der Waals surface area contributed by atoms with Crippen LogP contribution in [0.4, 0.5) is 0 Å². The molecule has 0 fully saturated rings. The number of hydrogen-bond acceptors (Lipinski definition) is 2. The molecule has 0 aromatic carbocycles. The van der Waals surface area contributed by atoms with Crippen LogP contribution < -0.4 is 5.32 Å². The Morgan fingerprint density at radius 3 is 2.67 bits per heavy atom. The molecule has 4 nitrogen and oxygen atoms in total. The van der Waals surface area contributed by atoms with Crippen molar-refractivity contribution in [3.63, 3.8) is 0 Å². The van der Waals surface area contributed by atoms with Gasteiger partial charge in [0.05, 0.1) is 17.3 Å². The molecule has 1 aromatic rings. The maximum atomic E-state index is 11.8. The molecule has 0 saturated heterocycles. The van der Waals surface area contributed by atoms with E-state index in [4.69, 9.17) is 6.42 Å². The second kappa shape index (κ2) is 3.77. The lowest BCUT2D eigenvalue weighted by atomic mass is 10.1. The monoisotopic (exact) mass is 205 g/mol. The van der Waals surface area contributed by atoms with E-state index >= 15 is 0 Å². The van der Waals surface area contributed by atoms with Gasteiger partial charge in [-0.2, -0.15) is 5.10 Å². The lowest BCUT2D eigenvalue weighted by Crippen LogP contribution is -2.42. The summed E-state index contributed by atoms with van der Waals surface area (Å²) in [4.78, 5) is 11.8. The Morgan fingerprint density at radius 2 is 2.27 bits per heavy atom. The molecule has 1 heterocycles. The number of carbonyl (C=O) groups excluding carboxylic acids is 1. The molecule has 1 N–H and O–H groups in total. The lowest BCUT2D eigenvalue weighted by Gasteiger charge is -2.19. The molecule has 0 radical (unpaired) electrons. The van der Waals surface area contributed by atoms with Crippen LogP contribution >= 0.6 is 0 Å². The summed E-state index contributed by atoms with van der Waals surface area (Å²) in [7, 11) is 1.79. The topological polar surface area (TPSA) is 46.9 Å². The molecule has 15 heavy (non-hydrogen) atoms. The first kappa shape index (κ1) is 11.3. The minimum Gasteiger partial charge on any atom is -0.336 e. The predicted molar refractivity (Wildman–Crippen MR) is 58.3 cm³/mol. The minimum atomic E-state index is -0.640. The van der Waals surface area contributed by atoms with Crippen LogP contribution in [0, 0.1) is 19.3 Å². The van der Waals surface area contributed by atoms with Gasteiger partial charge in [0.25, 0.3) is 5.91 Å². The largest absolute Gasteiger partial charge is 0.336 e. The Balaban J connectivity index is 2.89. The molecule has 80 valence electrons. The third-order valence-electron chi connectivity index (χ3n) is 2.27. The average molecular weight is 205 g/mol. The number of carbonyl (C=O) groups is 1. The van der Waals surface area contributed by atoms with Gasteiger partial charge in [-0.25, -0.2) is 0 Å². The predicted octanol–water partition coefficient (Wildman–Crippen LogP) is 0.870. The number of amides is 1. The van der Waals surface area contributed by atoms with Gasteiger partial charge < -0.3 is 5.32 Å². The number of nitrogens with zero attached hydrogens (tertiary/aromatic N) is 2. The molecule has 0 saturated carbocycles. The fraction of sp³-hybridized carbons (Fsp3) is 0.455. The van der Waals surface area contributed by atoms with E-state index < -0.39 is 5.54 Å². The highest BCUT2D eigenvalue weighted by Gasteiger charge is 2.20. The standard InChI is InChI=1S/C11H15N3O/c1-6-11(3,4)13-10(15)9-7-12-14(5)8(9)2/h1,7H,2-5H3,(H,13,15). The smallest absolute Gasteiger partial charge is 0.255 e. The first-order valence-corrected chi connectivity index (χ1v) is 4.66. The molecular formula is C11H15N3O. The van der Waals surface area contributed by atoms with E-state index in [0.717, 1.165) is 5.69 Å². The van der Waals surface area contributed by atoms with Crippen LogP contribution in [-0.4, -0.2) is 21.2 Å². The van der Waals surface area contributed by atoms with Crippen LogP contribution in [0.25, 0.3) is 0 Å². The summed E-state index contributed by atoms with van der Waals surface area (Å²) in [5.41, 5.74) is 0.737. The third-order valence-corrected chi connectivity index (χ3v) is 2.27. The fourth-order valence-corrected chi connectivity index (χ4v) is 1.11. The molecule has 1 aromatic heterocycles. The van der Waals surface area contributed by atoms with Crippen molar-refractivity contribution < 1.29 is 4.79 Å². The van der Waals surface area contributed by atoms with Crippen molar-refractivity contribution in [1.82, 2.24) is 15.1 Å². The summed E-state index contributed by atoms with van der Waals surface area (Å²) in [6.45, 7) is 5.39. The maximum absolute atomic E-state index is 11.8. The van der Waals surface area contributed by atoms with E-state index in [1.807, 2.05) is 6.92 Å². The van der Waals surface area contributed by atoms with Crippen LogP contribution in [0.15, 0.2) is 6.20 Å². The normalized spacial score (nSPS) is 10.9. The van der Waals surface area contributed by atoms with Gasteiger partial charge >= 0.3 is 0 Å². The van der Waals surface area contributed by atoms with Gasteiger partial charge in [-0.1, -0.05) is 5.92 Å². The van der Waals surface area contributed by atoms with Gasteiger partial charge in [-0.15, -0.1) is 6.42 Å². The number of aryl methyl sites for hydroxylation is 1. The zero-order valence-corrected chi connectivity index (χ0v) is 9.46. The average Bonchev–Trinajstić information content (AvgIpc) is 2.47. The van der Waals surface area contributed by atoms with Crippen molar-refractivity contribution in [2.24, 2.45) is 7.05 Å². The molecular weight excluding hydrogens is 190 g/mol. The van der Waals surface area contributed by atoms with E-state index in [0.29, 0.717) is 5.56 Å². The van der Waals surface area contributed by atoms with Gasteiger partial charge in [0.2, 0.25) is 0 Å². The molecule has 4 heteroatoms. The lowest BCUT2D eigenvalue weighted by molar-refractivity contribution is 0.0929. The number of nitrogens with one attached hydrogen (secondary N) is 1. The molecule has 0 aliphatic heterocycles. The van der Waals surface area contributed by atoms with Gasteiger partial charge in [-0.3, -0.25) is 9.48 Å². The fourth-order valence-electron chi connectivity index (χ4n) is 1.11. The highest BCUT2D eigenvalue weighted by molar-refractivity contribution is 5.95. The first-order chi connectivity index (χ1) is 6.87. The number of rotatable bonds is 2. The van der Waals surface area contributed by atoms with Crippen LogP contribution in [-0.2, 0) is 7.05 Å². The Labute approximate surface area is 89.7 Å². The van der Waals surface area contributed by atoms with Crippen LogP contribution in [0.3, 0.4) is 0 Å². The van der Waals surface area contributed by atoms with E-state index in [1.54, 1.807) is 25.6 Å². The van der Waals surface area contributed by atoms with E-state index in [-0.39, 0.29) is 5.91 Å². The molecule has 1 rings (SSSR count). The highest BCUT2D eigenvalue weighted by Crippen LogP contribution is 2.08. The second-order valence-corrected chi connectivity index (χ2v) is 3.99. The summed E-state index contributed by atoms with van der Waals surface area (Å²) in [6.07, 6.45) is 6.83. The van der Waals surface area contributed by atoms with E-state index in [2.05, 4.69) is 16.3 Å². The maximum Gasteiger partial charge on any atom is 0.255 e. The Morgan fingerprint density at radius 1 is 1.67 bits per heavy atom. The number of terminal acetylenes is 1. The summed E-state index contributed by atoms with van der Waals surface area (Å²) in [5, 5.41) is 6.75. The highest BCUT2D eigenvalue weighted by atomic mass is 16.1. The summed E-state index contributed by atoms with van der Waals surface area (Å²) < 4.78 is 1.65. The van der Waals surface area contributed by atoms with E-state index in [9.17, 15) is 4.79 Å². The molecule has 0 unspecified atom stereocenters. The second-order valence-electron chi connectivity index (χ2n) is 3.99. The van der Waals surface area contributed by atoms with Crippen molar-refractivity contribution in [1.29, 1.82) is 0 Å². The SMILES string of the molecule is C#CC(C)(C)NC(=O)c1cnn(C)c1C. The van der Waals surface area contributed by atoms with Crippen LogP contribution in [0.5, 0.6) is 0 Å². The summed E-state index contributed by atoms with van der Waals surface area (Å²) in [5.74, 6) is 2.32. The first-order valence-electron chi connectivity index (χ1n) is 4.66. The van der Waals surface area contributed by atoms with Gasteiger partial charge in [0.1, 0.15) is 0 Å². The Hall–Kier alpha value is -1.76. The van der Waals surface area contributed by atoms with E-state index in [1.165, 1.54) is 6.20 Å². The van der Waals surface area contributed by atoms with Crippen LogP contribution in [0.2, 0.25) is 0 Å². The van der Waals surface area contributed by atoms with Crippen molar-refractivity contribution in [3.05, 3.63) is 17.5 Å². The van der Waals surface area contributed by atoms with Crippen molar-refractivity contribution in [2.75, 3.05) is 0 Å². The van der Waals surface area contributed by atoms with Gasteiger partial charge in [-0.05, 0) is 20.8 Å². The number of aromatic nitrogens is 2. The minimum absolute atomic E-state index is 0.191. The molecule has 0 atom stereocenters. The van der Waals surface area contributed by atoms with Crippen LogP contribution in [0.1, 0.15) is 29.9 Å².